The van der Waals surface area contributed by atoms with Gasteiger partial charge in [-0.3, -0.25) is 0 Å². The third-order valence-electron chi connectivity index (χ3n) is 2.63. The first-order valence-corrected chi connectivity index (χ1v) is 4.83. The summed E-state index contributed by atoms with van der Waals surface area (Å²) >= 11 is 0. The summed E-state index contributed by atoms with van der Waals surface area (Å²) in [4.78, 5) is 0. The van der Waals surface area contributed by atoms with Gasteiger partial charge >= 0.3 is 0 Å². The van der Waals surface area contributed by atoms with Crippen LogP contribution >= 0.6 is 0 Å². The first kappa shape index (κ1) is 7.29. The highest BCUT2D eigenvalue weighted by Gasteiger charge is 2.19. The molecule has 0 unspecified atom stereocenters. The van der Waals surface area contributed by atoms with Crippen LogP contribution in [0.25, 0.3) is 0 Å². The number of piperidine rings is 1. The molecule has 2 atom stereocenters. The van der Waals surface area contributed by atoms with E-state index < -0.39 is 0 Å². The van der Waals surface area contributed by atoms with Gasteiger partial charge in [-0.25, -0.2) is 0 Å². The average molecular weight is 143 g/mol. The number of rotatable bonds is 0. The molecule has 2 heteroatoms. The van der Waals surface area contributed by atoms with E-state index in [9.17, 15) is 0 Å². The second-order valence-electron chi connectivity index (χ2n) is 3.29. The SMILES string of the molecule is C[C@@H]1CCC[C@@H](C)N1[SiH3]. The Hall–Kier alpha value is 0.177. The smallest absolute Gasteiger partial charge is 0.0791 e. The molecular formula is C7H17NSi. The van der Waals surface area contributed by atoms with E-state index in [1.165, 1.54) is 29.7 Å². The van der Waals surface area contributed by atoms with E-state index >= 15 is 0 Å². The van der Waals surface area contributed by atoms with Crippen LogP contribution in [-0.2, 0) is 0 Å². The van der Waals surface area contributed by atoms with Crippen LogP contribution < -0.4 is 0 Å². The Labute approximate surface area is 60.9 Å². The van der Waals surface area contributed by atoms with E-state index in [-0.39, 0.29) is 0 Å². The van der Waals surface area contributed by atoms with Crippen molar-refractivity contribution in [1.29, 1.82) is 0 Å². The van der Waals surface area contributed by atoms with E-state index in [2.05, 4.69) is 18.4 Å². The molecule has 1 aliphatic rings. The van der Waals surface area contributed by atoms with E-state index in [0.717, 1.165) is 12.1 Å². The summed E-state index contributed by atoms with van der Waals surface area (Å²) in [6.45, 7) is 4.70. The average Bonchev–Trinajstić information content (AvgIpc) is 1.83. The van der Waals surface area contributed by atoms with Crippen LogP contribution in [0, 0.1) is 0 Å². The molecule has 0 aliphatic carbocycles. The van der Waals surface area contributed by atoms with Crippen LogP contribution in [0.4, 0.5) is 0 Å². The Kier molecular flexibility index (Phi) is 2.30. The summed E-state index contributed by atoms with van der Waals surface area (Å²) in [7, 11) is 1.25. The molecule has 0 radical (unpaired) electrons. The number of nitrogens with zero attached hydrogens (tertiary/aromatic N) is 1. The van der Waals surface area contributed by atoms with Gasteiger partial charge in [0.25, 0.3) is 0 Å². The molecule has 1 rings (SSSR count). The van der Waals surface area contributed by atoms with Crippen molar-refractivity contribution < 1.29 is 0 Å². The molecule has 0 saturated carbocycles. The van der Waals surface area contributed by atoms with Crippen molar-refractivity contribution in [2.75, 3.05) is 0 Å². The molecule has 0 bridgehead atoms. The third-order valence-corrected chi connectivity index (χ3v) is 4.40. The molecule has 0 aromatic carbocycles. The zero-order chi connectivity index (χ0) is 6.85. The second-order valence-corrected chi connectivity index (χ2v) is 4.33. The molecule has 54 valence electrons. The zero-order valence-electron chi connectivity index (χ0n) is 6.72. The van der Waals surface area contributed by atoms with Crippen LogP contribution in [0.5, 0.6) is 0 Å². The maximum Gasteiger partial charge on any atom is 0.0791 e. The topological polar surface area (TPSA) is 3.24 Å². The summed E-state index contributed by atoms with van der Waals surface area (Å²) in [5.41, 5.74) is 0. The minimum absolute atomic E-state index is 0.875. The predicted octanol–water partition coefficient (Wildman–Crippen LogP) is 0.530. The van der Waals surface area contributed by atoms with Crippen molar-refractivity contribution in [3.8, 4) is 0 Å². The molecule has 1 saturated heterocycles. The van der Waals surface area contributed by atoms with Crippen LogP contribution in [0.2, 0.25) is 0 Å². The van der Waals surface area contributed by atoms with Gasteiger partial charge in [-0.05, 0) is 24.9 Å². The van der Waals surface area contributed by atoms with Gasteiger partial charge in [0, 0.05) is 0 Å². The van der Waals surface area contributed by atoms with Crippen molar-refractivity contribution in [2.45, 2.75) is 45.2 Å². The lowest BCUT2D eigenvalue weighted by Gasteiger charge is -2.36. The van der Waals surface area contributed by atoms with Gasteiger partial charge in [0.15, 0.2) is 0 Å². The lowest BCUT2D eigenvalue weighted by Crippen LogP contribution is -2.41. The van der Waals surface area contributed by atoms with Crippen molar-refractivity contribution in [3.05, 3.63) is 0 Å². The highest BCUT2D eigenvalue weighted by atomic mass is 28.2. The standard InChI is InChI=1S/C7H17NSi/c1-6-4-3-5-7(2)8(6)9/h6-7H,3-5H2,1-2,9H3/t6-,7-/m1/s1. The highest BCUT2D eigenvalue weighted by molar-refractivity contribution is 6.04. The Balaban J connectivity index is 2.41. The molecule has 0 N–H and O–H groups in total. The summed E-state index contributed by atoms with van der Waals surface area (Å²) in [6.07, 6.45) is 4.29. The van der Waals surface area contributed by atoms with Crippen molar-refractivity contribution in [1.82, 2.24) is 4.57 Å². The fourth-order valence-corrected chi connectivity index (χ4v) is 2.07. The molecule has 9 heavy (non-hydrogen) atoms. The normalized spacial score (nSPS) is 39.3. The maximum atomic E-state index is 2.61. The van der Waals surface area contributed by atoms with Gasteiger partial charge in [-0.1, -0.05) is 20.3 Å². The minimum atomic E-state index is 0.875. The summed E-state index contributed by atoms with van der Waals surface area (Å²) in [6, 6.07) is 1.75. The predicted molar refractivity (Wildman–Crippen MR) is 44.6 cm³/mol. The summed E-state index contributed by atoms with van der Waals surface area (Å²) in [5.74, 6) is 0. The monoisotopic (exact) mass is 143 g/mol. The molecule has 0 spiro atoms. The quantitative estimate of drug-likeness (QED) is 0.447. The van der Waals surface area contributed by atoms with Crippen LogP contribution in [0.15, 0.2) is 0 Å². The molecular weight excluding hydrogens is 126 g/mol. The number of hydrogen-bond donors (Lipinski definition) is 0. The maximum absolute atomic E-state index is 2.61. The lowest BCUT2D eigenvalue weighted by atomic mass is 10.0. The molecule has 1 heterocycles. The van der Waals surface area contributed by atoms with Gasteiger partial charge in [0.05, 0.1) is 10.4 Å². The van der Waals surface area contributed by atoms with Crippen LogP contribution in [0.3, 0.4) is 0 Å². The first-order valence-electron chi connectivity index (χ1n) is 3.93. The molecule has 1 fully saturated rings. The number of hydrogen-bond acceptors (Lipinski definition) is 1. The minimum Gasteiger partial charge on any atom is -0.327 e. The molecule has 0 amide bonds. The highest BCUT2D eigenvalue weighted by Crippen LogP contribution is 2.19. The van der Waals surface area contributed by atoms with E-state index in [1.54, 1.807) is 0 Å². The van der Waals surface area contributed by atoms with Gasteiger partial charge < -0.3 is 4.57 Å². The molecule has 1 aliphatic heterocycles. The first-order chi connectivity index (χ1) is 4.22. The van der Waals surface area contributed by atoms with Crippen LogP contribution in [-0.4, -0.2) is 27.1 Å². The van der Waals surface area contributed by atoms with Crippen LogP contribution in [0.1, 0.15) is 33.1 Å². The Morgan fingerprint density at radius 3 is 2.00 bits per heavy atom. The van der Waals surface area contributed by atoms with Gasteiger partial charge in [-0.2, -0.15) is 0 Å². The van der Waals surface area contributed by atoms with Crippen molar-refractivity contribution in [3.63, 3.8) is 0 Å². The third kappa shape index (κ3) is 1.55. The van der Waals surface area contributed by atoms with Crippen molar-refractivity contribution >= 4 is 10.4 Å². The zero-order valence-corrected chi connectivity index (χ0v) is 8.72. The van der Waals surface area contributed by atoms with E-state index in [4.69, 9.17) is 0 Å². The fraction of sp³-hybridized carbons (Fsp3) is 1.00. The molecule has 0 aromatic rings. The fourth-order valence-electron chi connectivity index (χ4n) is 1.55. The van der Waals surface area contributed by atoms with Gasteiger partial charge in [-0.15, -0.1) is 0 Å². The largest absolute Gasteiger partial charge is 0.327 e. The Morgan fingerprint density at radius 1 is 1.22 bits per heavy atom. The van der Waals surface area contributed by atoms with E-state index in [1.807, 2.05) is 0 Å². The second kappa shape index (κ2) is 2.84. The van der Waals surface area contributed by atoms with Crippen molar-refractivity contribution in [2.24, 2.45) is 0 Å². The van der Waals surface area contributed by atoms with Gasteiger partial charge in [0.2, 0.25) is 0 Å². The summed E-state index contributed by atoms with van der Waals surface area (Å²) < 4.78 is 2.61. The lowest BCUT2D eigenvalue weighted by molar-refractivity contribution is 0.211. The summed E-state index contributed by atoms with van der Waals surface area (Å²) in [5, 5.41) is 0. The van der Waals surface area contributed by atoms with E-state index in [0.29, 0.717) is 0 Å². The Morgan fingerprint density at radius 2 is 1.67 bits per heavy atom. The molecule has 0 aromatic heterocycles. The van der Waals surface area contributed by atoms with Gasteiger partial charge in [0.1, 0.15) is 0 Å². The Bertz CT molecular complexity index is 84.9. The molecule has 1 nitrogen and oxygen atoms in total.